The molecule has 2 aromatic carbocycles. The van der Waals surface area contributed by atoms with E-state index in [1.807, 2.05) is 50.2 Å². The lowest BCUT2D eigenvalue weighted by Gasteiger charge is -2.05. The summed E-state index contributed by atoms with van der Waals surface area (Å²) < 4.78 is 2.86. The first kappa shape index (κ1) is 16.5. The first-order chi connectivity index (χ1) is 12.5. The molecule has 5 nitrogen and oxygen atoms in total. The summed E-state index contributed by atoms with van der Waals surface area (Å²) in [6.07, 6.45) is 1.60. The summed E-state index contributed by atoms with van der Waals surface area (Å²) in [5, 5.41) is 7.87. The molecule has 0 fully saturated rings. The van der Waals surface area contributed by atoms with Gasteiger partial charge in [0, 0.05) is 0 Å². The Balaban J connectivity index is 1.63. The highest BCUT2D eigenvalue weighted by atomic mass is 32.1. The van der Waals surface area contributed by atoms with Gasteiger partial charge in [0.05, 0.1) is 33.4 Å². The second kappa shape index (κ2) is 6.38. The Morgan fingerprint density at radius 2 is 1.88 bits per heavy atom. The number of hydrogen-bond acceptors (Lipinski definition) is 4. The number of para-hydroxylation sites is 1. The Morgan fingerprint density at radius 1 is 1.12 bits per heavy atom. The minimum atomic E-state index is -0.196. The van der Waals surface area contributed by atoms with Crippen molar-refractivity contribution in [2.24, 2.45) is 0 Å². The molecule has 4 rings (SSSR count). The maximum absolute atomic E-state index is 12.7. The molecule has 0 saturated carbocycles. The van der Waals surface area contributed by atoms with Gasteiger partial charge in [0.2, 0.25) is 0 Å². The smallest absolute Gasteiger partial charge is 0.260 e. The number of benzene rings is 2. The van der Waals surface area contributed by atoms with E-state index >= 15 is 0 Å². The lowest BCUT2D eigenvalue weighted by atomic mass is 10.1. The average Bonchev–Trinajstić information content (AvgIpc) is 3.19. The summed E-state index contributed by atoms with van der Waals surface area (Å²) >= 11 is 1.49. The first-order valence-electron chi connectivity index (χ1n) is 8.32. The Labute approximate surface area is 155 Å². The molecule has 0 aliphatic heterocycles. The van der Waals surface area contributed by atoms with Gasteiger partial charge < -0.3 is 0 Å². The molecule has 1 amide bonds. The van der Waals surface area contributed by atoms with Crippen molar-refractivity contribution in [1.29, 1.82) is 0 Å². The van der Waals surface area contributed by atoms with Crippen LogP contribution in [-0.4, -0.2) is 20.7 Å². The van der Waals surface area contributed by atoms with Crippen LogP contribution in [0.4, 0.5) is 5.13 Å². The van der Waals surface area contributed by atoms with Crippen molar-refractivity contribution in [1.82, 2.24) is 14.8 Å². The van der Waals surface area contributed by atoms with E-state index in [1.165, 1.54) is 16.9 Å². The standard InChI is InChI=1S/C20H18N4OS/c1-12-9-13(2)18-17(10-12)22-20(26-18)23-19(25)16-11-21-24(14(16)3)15-7-5-4-6-8-15/h4-11H,1-3H3,(H,22,23,25). The quantitative estimate of drug-likeness (QED) is 0.577. The fraction of sp³-hybridized carbons (Fsp3) is 0.150. The van der Waals surface area contributed by atoms with Crippen molar-refractivity contribution in [3.63, 3.8) is 0 Å². The van der Waals surface area contributed by atoms with Crippen LogP contribution < -0.4 is 5.32 Å². The van der Waals surface area contributed by atoms with Crippen molar-refractivity contribution in [2.45, 2.75) is 20.8 Å². The lowest BCUT2D eigenvalue weighted by molar-refractivity contribution is 0.102. The van der Waals surface area contributed by atoms with Crippen molar-refractivity contribution >= 4 is 32.6 Å². The summed E-state index contributed by atoms with van der Waals surface area (Å²) in [6, 6.07) is 13.9. The molecule has 130 valence electrons. The number of carbonyl (C=O) groups excluding carboxylic acids is 1. The van der Waals surface area contributed by atoms with Gasteiger partial charge in [-0.05, 0) is 50.1 Å². The zero-order valence-electron chi connectivity index (χ0n) is 14.8. The Morgan fingerprint density at radius 3 is 2.65 bits per heavy atom. The van der Waals surface area contributed by atoms with Gasteiger partial charge >= 0.3 is 0 Å². The molecule has 0 unspecified atom stereocenters. The van der Waals surface area contributed by atoms with Crippen LogP contribution in [0.15, 0.2) is 48.7 Å². The van der Waals surface area contributed by atoms with Crippen LogP contribution in [-0.2, 0) is 0 Å². The predicted octanol–water partition coefficient (Wildman–Crippen LogP) is 4.66. The molecule has 2 heterocycles. The van der Waals surface area contributed by atoms with Crippen LogP contribution in [0.1, 0.15) is 27.2 Å². The van der Waals surface area contributed by atoms with Crippen molar-refractivity contribution in [3.05, 3.63) is 71.0 Å². The van der Waals surface area contributed by atoms with Crippen LogP contribution in [0.2, 0.25) is 0 Å². The second-order valence-electron chi connectivity index (χ2n) is 6.29. The monoisotopic (exact) mass is 362 g/mol. The fourth-order valence-electron chi connectivity index (χ4n) is 3.06. The van der Waals surface area contributed by atoms with E-state index in [1.54, 1.807) is 10.9 Å². The Hall–Kier alpha value is -2.99. The molecule has 4 aromatic rings. The van der Waals surface area contributed by atoms with Crippen molar-refractivity contribution in [2.75, 3.05) is 5.32 Å². The molecule has 26 heavy (non-hydrogen) atoms. The highest BCUT2D eigenvalue weighted by Crippen LogP contribution is 2.30. The van der Waals surface area contributed by atoms with Gasteiger partial charge in [0.25, 0.3) is 5.91 Å². The number of fused-ring (bicyclic) bond motifs is 1. The zero-order valence-corrected chi connectivity index (χ0v) is 15.6. The van der Waals surface area contributed by atoms with Crippen molar-refractivity contribution < 1.29 is 4.79 Å². The van der Waals surface area contributed by atoms with Gasteiger partial charge in [0.1, 0.15) is 0 Å². The molecular weight excluding hydrogens is 344 g/mol. The number of carbonyl (C=O) groups is 1. The maximum atomic E-state index is 12.7. The molecule has 0 bridgehead atoms. The van der Waals surface area contributed by atoms with Crippen LogP contribution in [0, 0.1) is 20.8 Å². The minimum absolute atomic E-state index is 0.196. The van der Waals surface area contributed by atoms with E-state index in [4.69, 9.17) is 0 Å². The predicted molar refractivity (Wildman–Crippen MR) is 105 cm³/mol. The summed E-state index contributed by atoms with van der Waals surface area (Å²) in [6.45, 7) is 6.00. The van der Waals surface area contributed by atoms with E-state index in [2.05, 4.69) is 28.4 Å². The highest BCUT2D eigenvalue weighted by Gasteiger charge is 2.17. The molecule has 2 aromatic heterocycles. The third kappa shape index (κ3) is 2.88. The third-order valence-electron chi connectivity index (χ3n) is 4.30. The number of amides is 1. The molecule has 0 atom stereocenters. The molecule has 0 spiro atoms. The largest absolute Gasteiger partial charge is 0.298 e. The molecule has 0 saturated heterocycles. The number of hydrogen-bond donors (Lipinski definition) is 1. The number of thiazole rings is 1. The van der Waals surface area contributed by atoms with Crippen LogP contribution in [0.3, 0.4) is 0 Å². The van der Waals surface area contributed by atoms with E-state index in [0.29, 0.717) is 10.7 Å². The molecule has 0 aliphatic rings. The molecule has 0 radical (unpaired) electrons. The van der Waals surface area contributed by atoms with E-state index in [9.17, 15) is 4.79 Å². The number of nitrogens with zero attached hydrogens (tertiary/aromatic N) is 3. The van der Waals surface area contributed by atoms with Gasteiger partial charge in [-0.3, -0.25) is 10.1 Å². The van der Waals surface area contributed by atoms with E-state index in [0.717, 1.165) is 27.2 Å². The average molecular weight is 362 g/mol. The third-order valence-corrected chi connectivity index (χ3v) is 5.42. The topological polar surface area (TPSA) is 59.8 Å². The summed E-state index contributed by atoms with van der Waals surface area (Å²) in [7, 11) is 0. The summed E-state index contributed by atoms with van der Waals surface area (Å²) in [4.78, 5) is 17.3. The fourth-order valence-corrected chi connectivity index (χ4v) is 3.97. The molecular formula is C20H18N4OS. The van der Waals surface area contributed by atoms with Gasteiger partial charge in [-0.15, -0.1) is 0 Å². The summed E-state index contributed by atoms with van der Waals surface area (Å²) in [5.41, 5.74) is 5.52. The SMILES string of the molecule is Cc1cc(C)c2sc(NC(=O)c3cnn(-c4ccccc4)c3C)nc2c1. The zero-order chi connectivity index (χ0) is 18.3. The first-order valence-corrected chi connectivity index (χ1v) is 9.14. The van der Waals surface area contributed by atoms with E-state index in [-0.39, 0.29) is 5.91 Å². The Bertz CT molecular complexity index is 1110. The number of aromatic nitrogens is 3. The molecule has 0 aliphatic carbocycles. The molecule has 1 N–H and O–H groups in total. The second-order valence-corrected chi connectivity index (χ2v) is 7.29. The van der Waals surface area contributed by atoms with Crippen molar-refractivity contribution in [3.8, 4) is 5.69 Å². The number of anilines is 1. The van der Waals surface area contributed by atoms with Gasteiger partial charge in [-0.2, -0.15) is 5.10 Å². The normalized spacial score (nSPS) is 11.0. The lowest BCUT2D eigenvalue weighted by Crippen LogP contribution is -2.12. The van der Waals surface area contributed by atoms with Gasteiger partial charge in [-0.1, -0.05) is 35.6 Å². The van der Waals surface area contributed by atoms with E-state index < -0.39 is 0 Å². The maximum Gasteiger partial charge on any atom is 0.260 e. The Kier molecular flexibility index (Phi) is 4.05. The van der Waals surface area contributed by atoms with Crippen LogP contribution in [0.25, 0.3) is 15.9 Å². The number of nitrogens with one attached hydrogen (secondary N) is 1. The number of rotatable bonds is 3. The minimum Gasteiger partial charge on any atom is -0.298 e. The van der Waals surface area contributed by atoms with Crippen LogP contribution >= 0.6 is 11.3 Å². The van der Waals surface area contributed by atoms with Crippen LogP contribution in [0.5, 0.6) is 0 Å². The highest BCUT2D eigenvalue weighted by molar-refractivity contribution is 7.22. The summed E-state index contributed by atoms with van der Waals surface area (Å²) in [5.74, 6) is -0.196. The molecule has 6 heteroatoms. The van der Waals surface area contributed by atoms with Gasteiger partial charge in [0.15, 0.2) is 5.13 Å². The van der Waals surface area contributed by atoms with Gasteiger partial charge in [-0.25, -0.2) is 9.67 Å². The number of aryl methyl sites for hydroxylation is 2.